The Kier molecular flexibility index (Phi) is 5.40. The monoisotopic (exact) mass is 320 g/mol. The van der Waals surface area contributed by atoms with Gasteiger partial charge in [-0.2, -0.15) is 0 Å². The van der Waals surface area contributed by atoms with Gasteiger partial charge in [-0.3, -0.25) is 15.0 Å². The van der Waals surface area contributed by atoms with Crippen LogP contribution < -0.4 is 16.0 Å². The zero-order valence-corrected chi connectivity index (χ0v) is 13.1. The fraction of sp³-hybridized carbons (Fsp3) is 0.400. The average molecular weight is 320 g/mol. The van der Waals surface area contributed by atoms with E-state index in [-0.39, 0.29) is 11.9 Å². The van der Waals surface area contributed by atoms with Crippen LogP contribution in [0.25, 0.3) is 0 Å². The topological polar surface area (TPSA) is 99.8 Å². The molecule has 1 saturated heterocycles. The first-order chi connectivity index (χ1) is 11.0. The molecule has 8 heteroatoms. The van der Waals surface area contributed by atoms with Crippen LogP contribution in [0.5, 0.6) is 0 Å². The van der Waals surface area contributed by atoms with Crippen LogP contribution in [0.15, 0.2) is 24.3 Å². The molecule has 1 aromatic carbocycles. The normalized spacial score (nSPS) is 14.9. The molecule has 0 saturated carbocycles. The summed E-state index contributed by atoms with van der Waals surface area (Å²) in [4.78, 5) is 36.2. The summed E-state index contributed by atoms with van der Waals surface area (Å²) in [6.07, 6.45) is -0.517. The van der Waals surface area contributed by atoms with E-state index in [9.17, 15) is 14.4 Å². The van der Waals surface area contributed by atoms with E-state index in [2.05, 4.69) is 16.0 Å². The second-order valence-corrected chi connectivity index (χ2v) is 5.01. The van der Waals surface area contributed by atoms with Crippen molar-refractivity contribution in [2.45, 2.75) is 19.9 Å². The third kappa shape index (κ3) is 4.35. The van der Waals surface area contributed by atoms with Crippen LogP contribution in [0, 0.1) is 0 Å². The number of anilines is 2. The largest absolute Gasteiger partial charge is 0.450 e. The molecular weight excluding hydrogens is 300 g/mol. The number of ether oxygens (including phenoxy) is 1. The maximum absolute atomic E-state index is 12.2. The molecule has 4 amide bonds. The highest BCUT2D eigenvalue weighted by atomic mass is 16.5. The molecule has 124 valence electrons. The minimum atomic E-state index is -0.539. The number of amides is 4. The molecule has 1 atom stereocenters. The van der Waals surface area contributed by atoms with E-state index in [0.29, 0.717) is 31.1 Å². The van der Waals surface area contributed by atoms with Crippen LogP contribution in [0.4, 0.5) is 21.0 Å². The lowest BCUT2D eigenvalue weighted by molar-refractivity contribution is -0.128. The van der Waals surface area contributed by atoms with E-state index < -0.39 is 12.1 Å². The summed E-state index contributed by atoms with van der Waals surface area (Å²) in [7, 11) is 0. The van der Waals surface area contributed by atoms with E-state index >= 15 is 0 Å². The molecule has 1 aromatic rings. The van der Waals surface area contributed by atoms with Crippen molar-refractivity contribution in [3.63, 3.8) is 0 Å². The Morgan fingerprint density at radius 1 is 1.30 bits per heavy atom. The fourth-order valence-corrected chi connectivity index (χ4v) is 2.16. The third-order valence-electron chi connectivity index (χ3n) is 3.28. The van der Waals surface area contributed by atoms with E-state index in [4.69, 9.17) is 4.74 Å². The van der Waals surface area contributed by atoms with Gasteiger partial charge in [-0.25, -0.2) is 9.59 Å². The molecular formula is C15H20N4O4. The lowest BCUT2D eigenvalue weighted by Crippen LogP contribution is -2.43. The smallest absolute Gasteiger partial charge is 0.411 e. The lowest BCUT2D eigenvalue weighted by atomic mass is 10.2. The number of urea groups is 1. The molecule has 0 spiro atoms. The summed E-state index contributed by atoms with van der Waals surface area (Å²) in [6, 6.07) is 5.95. The summed E-state index contributed by atoms with van der Waals surface area (Å²) in [5.74, 6) is -0.284. The zero-order chi connectivity index (χ0) is 16.8. The number of hydrogen-bond donors (Lipinski definition) is 3. The van der Waals surface area contributed by atoms with Gasteiger partial charge in [0.2, 0.25) is 0 Å². The predicted octanol–water partition coefficient (Wildman–Crippen LogP) is 1.61. The Balaban J connectivity index is 1.91. The molecule has 2 rings (SSSR count). The van der Waals surface area contributed by atoms with Crippen molar-refractivity contribution >= 4 is 29.4 Å². The number of rotatable bonds is 5. The van der Waals surface area contributed by atoms with Gasteiger partial charge in [0.15, 0.2) is 0 Å². The number of carbonyl (C=O) groups is 3. The molecule has 1 fully saturated rings. The highest BCUT2D eigenvalue weighted by Gasteiger charge is 2.29. The average Bonchev–Trinajstić information content (AvgIpc) is 2.94. The van der Waals surface area contributed by atoms with Crippen molar-refractivity contribution in [1.82, 2.24) is 10.2 Å². The molecule has 1 heterocycles. The molecule has 3 N–H and O–H groups in total. The maximum atomic E-state index is 12.2. The molecule has 1 aliphatic heterocycles. The molecule has 0 aromatic heterocycles. The fourth-order valence-electron chi connectivity index (χ4n) is 2.16. The van der Waals surface area contributed by atoms with Crippen LogP contribution in [0.3, 0.4) is 0 Å². The van der Waals surface area contributed by atoms with Crippen molar-refractivity contribution in [2.75, 3.05) is 30.3 Å². The van der Waals surface area contributed by atoms with Crippen LogP contribution in [0.1, 0.15) is 13.8 Å². The first-order valence-corrected chi connectivity index (χ1v) is 7.41. The third-order valence-corrected chi connectivity index (χ3v) is 3.28. The van der Waals surface area contributed by atoms with Gasteiger partial charge in [0.05, 0.1) is 6.61 Å². The van der Waals surface area contributed by atoms with E-state index in [1.807, 2.05) is 0 Å². The number of carbonyl (C=O) groups excluding carboxylic acids is 3. The Labute approximate surface area is 134 Å². The lowest BCUT2D eigenvalue weighted by Gasteiger charge is -2.19. The van der Waals surface area contributed by atoms with E-state index in [1.54, 1.807) is 38.1 Å². The Morgan fingerprint density at radius 2 is 1.96 bits per heavy atom. The van der Waals surface area contributed by atoms with Crippen LogP contribution >= 0.6 is 0 Å². The van der Waals surface area contributed by atoms with Gasteiger partial charge in [-0.15, -0.1) is 0 Å². The predicted molar refractivity (Wildman–Crippen MR) is 85.3 cm³/mol. The Morgan fingerprint density at radius 3 is 2.52 bits per heavy atom. The highest BCUT2D eigenvalue weighted by molar-refractivity contribution is 5.99. The van der Waals surface area contributed by atoms with Crippen LogP contribution in [0.2, 0.25) is 0 Å². The SMILES string of the molecule is CCOC(=O)Nc1ccc(N[C@H](C)C(=O)N2CCNC2=O)cc1. The number of nitrogens with zero attached hydrogens (tertiary/aromatic N) is 1. The second kappa shape index (κ2) is 7.48. The van der Waals surface area contributed by atoms with Crippen molar-refractivity contribution in [3.8, 4) is 0 Å². The van der Waals surface area contributed by atoms with E-state index in [0.717, 1.165) is 0 Å². The number of hydrogen-bond acceptors (Lipinski definition) is 5. The van der Waals surface area contributed by atoms with Gasteiger partial charge in [-0.05, 0) is 38.1 Å². The molecule has 0 unspecified atom stereocenters. The van der Waals surface area contributed by atoms with Gasteiger partial charge in [0, 0.05) is 24.5 Å². The van der Waals surface area contributed by atoms with Crippen molar-refractivity contribution in [3.05, 3.63) is 24.3 Å². The number of imide groups is 1. The molecule has 23 heavy (non-hydrogen) atoms. The van der Waals surface area contributed by atoms with Gasteiger partial charge in [0.1, 0.15) is 6.04 Å². The second-order valence-electron chi connectivity index (χ2n) is 5.01. The maximum Gasteiger partial charge on any atom is 0.411 e. The molecule has 1 aliphatic rings. The Hall–Kier alpha value is -2.77. The minimum absolute atomic E-state index is 0.284. The van der Waals surface area contributed by atoms with Crippen molar-refractivity contribution < 1.29 is 19.1 Å². The minimum Gasteiger partial charge on any atom is -0.450 e. The van der Waals surface area contributed by atoms with Gasteiger partial charge in [-0.1, -0.05) is 0 Å². The van der Waals surface area contributed by atoms with Crippen LogP contribution in [-0.4, -0.2) is 48.7 Å². The number of nitrogens with one attached hydrogen (secondary N) is 3. The zero-order valence-electron chi connectivity index (χ0n) is 13.1. The Bertz CT molecular complexity index is 588. The van der Waals surface area contributed by atoms with Gasteiger partial charge >= 0.3 is 12.1 Å². The van der Waals surface area contributed by atoms with Crippen molar-refractivity contribution in [2.24, 2.45) is 0 Å². The van der Waals surface area contributed by atoms with Gasteiger partial charge in [0.25, 0.3) is 5.91 Å². The molecule has 0 bridgehead atoms. The van der Waals surface area contributed by atoms with Crippen LogP contribution in [-0.2, 0) is 9.53 Å². The van der Waals surface area contributed by atoms with E-state index in [1.165, 1.54) is 4.90 Å². The summed E-state index contributed by atoms with van der Waals surface area (Å²) in [5.41, 5.74) is 1.30. The molecule has 8 nitrogen and oxygen atoms in total. The van der Waals surface area contributed by atoms with Gasteiger partial charge < -0.3 is 15.4 Å². The summed E-state index contributed by atoms with van der Waals surface area (Å²) in [5, 5.41) is 8.20. The molecule has 0 aliphatic carbocycles. The van der Waals surface area contributed by atoms with Crippen molar-refractivity contribution in [1.29, 1.82) is 0 Å². The summed E-state index contributed by atoms with van der Waals surface area (Å²) >= 11 is 0. The first-order valence-electron chi connectivity index (χ1n) is 7.41. The standard InChI is InChI=1S/C15H20N4O4/c1-3-23-15(22)18-12-6-4-11(5-7-12)17-10(2)13(20)19-9-8-16-14(19)21/h4-7,10,17H,3,8-9H2,1-2H3,(H,16,21)(H,18,22)/t10-/m1/s1. The molecule has 0 radical (unpaired) electrons. The first kappa shape index (κ1) is 16.6. The number of benzene rings is 1. The highest BCUT2D eigenvalue weighted by Crippen LogP contribution is 2.15. The summed E-state index contributed by atoms with van der Waals surface area (Å²) < 4.78 is 4.79. The quantitative estimate of drug-likeness (QED) is 0.765. The summed E-state index contributed by atoms with van der Waals surface area (Å²) in [6.45, 7) is 4.58.